The van der Waals surface area contributed by atoms with Crippen molar-refractivity contribution < 1.29 is 26.2 Å². The Kier molecular flexibility index (Phi) is 6.86. The molecule has 2 aromatic heterocycles. The standard InChI is InChI=1S/C26H18N5O.Pt/c32-23-14-5-4-13-22(23)26-29-18-28-25(30-26)19-9-8-12-21(17-19)31(20-10-2-1-3-11-20)24-15-6-7-16-27-24;/h1-16,18,32H;/q-1;. The average Bonchev–Trinajstić information content (AvgIpc) is 2.86. The van der Waals surface area contributed by atoms with Crippen LogP contribution in [0.1, 0.15) is 0 Å². The normalized spacial score (nSPS) is 10.3. The zero-order valence-electron chi connectivity index (χ0n) is 17.3. The number of hydrogen-bond acceptors (Lipinski definition) is 6. The van der Waals surface area contributed by atoms with E-state index in [9.17, 15) is 5.11 Å². The molecule has 0 fully saturated rings. The monoisotopic (exact) mass is 611 g/mol. The summed E-state index contributed by atoms with van der Waals surface area (Å²) in [5.41, 5.74) is 3.02. The molecule has 6 nitrogen and oxygen atoms in total. The summed E-state index contributed by atoms with van der Waals surface area (Å²) in [5, 5.41) is 10.2. The van der Waals surface area contributed by atoms with E-state index < -0.39 is 0 Å². The largest absolute Gasteiger partial charge is 0.507 e. The van der Waals surface area contributed by atoms with E-state index in [1.165, 1.54) is 6.33 Å². The SMILES string of the molecule is Oc1ccccc1-c1ncnc(-c2[c-]c(N(c3ccccc3)c3ccccn3)ccc2)n1.[Pt]. The molecule has 3 aromatic carbocycles. The van der Waals surface area contributed by atoms with Crippen LogP contribution >= 0.6 is 0 Å². The van der Waals surface area contributed by atoms with E-state index >= 15 is 0 Å². The Morgan fingerprint density at radius 2 is 1.45 bits per heavy atom. The molecule has 0 unspecified atom stereocenters. The zero-order chi connectivity index (χ0) is 21.8. The molecule has 0 aliphatic rings. The molecule has 0 aliphatic heterocycles. The number of rotatable bonds is 5. The van der Waals surface area contributed by atoms with Crippen LogP contribution in [-0.4, -0.2) is 25.0 Å². The molecule has 7 heteroatoms. The van der Waals surface area contributed by atoms with Gasteiger partial charge < -0.3 is 10.0 Å². The third-order valence-corrected chi connectivity index (χ3v) is 4.87. The van der Waals surface area contributed by atoms with Crippen molar-refractivity contribution in [1.29, 1.82) is 0 Å². The first-order valence-corrected chi connectivity index (χ1v) is 10.1. The number of benzene rings is 3. The van der Waals surface area contributed by atoms with E-state index in [4.69, 9.17) is 0 Å². The summed E-state index contributed by atoms with van der Waals surface area (Å²) >= 11 is 0. The molecular formula is C26H18N5OPt-. The number of phenolic OH excluding ortho intramolecular Hbond substituents is 1. The molecule has 0 amide bonds. The van der Waals surface area contributed by atoms with Crippen molar-refractivity contribution in [2.45, 2.75) is 0 Å². The number of pyridine rings is 1. The van der Waals surface area contributed by atoms with Gasteiger partial charge in [-0.25, -0.2) is 9.97 Å². The molecule has 1 N–H and O–H groups in total. The fraction of sp³-hybridized carbons (Fsp3) is 0. The van der Waals surface area contributed by atoms with E-state index in [1.807, 2.05) is 77.7 Å². The van der Waals surface area contributed by atoms with E-state index in [2.05, 4.69) is 26.0 Å². The van der Waals surface area contributed by atoms with Gasteiger partial charge >= 0.3 is 0 Å². The molecular weight excluding hydrogens is 593 g/mol. The van der Waals surface area contributed by atoms with Crippen LogP contribution in [0.15, 0.2) is 104 Å². The first kappa shape index (κ1) is 22.3. The van der Waals surface area contributed by atoms with Crippen LogP contribution in [0.3, 0.4) is 0 Å². The summed E-state index contributed by atoms with van der Waals surface area (Å²) < 4.78 is 0. The molecule has 33 heavy (non-hydrogen) atoms. The van der Waals surface area contributed by atoms with Gasteiger partial charge in [-0.3, -0.25) is 9.97 Å². The van der Waals surface area contributed by atoms with Gasteiger partial charge in [0.1, 0.15) is 17.9 Å². The van der Waals surface area contributed by atoms with E-state index in [0.29, 0.717) is 22.8 Å². The maximum Gasteiger partial charge on any atom is 0.157 e. The Labute approximate surface area is 205 Å². The summed E-state index contributed by atoms with van der Waals surface area (Å²) in [6, 6.07) is 32.0. The van der Waals surface area contributed by atoms with Crippen LogP contribution < -0.4 is 4.90 Å². The smallest absolute Gasteiger partial charge is 0.157 e. The minimum Gasteiger partial charge on any atom is -0.507 e. The van der Waals surface area contributed by atoms with Crippen molar-refractivity contribution >= 4 is 17.2 Å². The first-order valence-electron chi connectivity index (χ1n) is 10.1. The van der Waals surface area contributed by atoms with Crippen molar-refractivity contribution in [3.63, 3.8) is 0 Å². The molecule has 0 aliphatic carbocycles. The van der Waals surface area contributed by atoms with Crippen molar-refractivity contribution in [3.05, 3.63) is 110 Å². The second kappa shape index (κ2) is 10.2. The Hall–Kier alpha value is -3.89. The Morgan fingerprint density at radius 3 is 2.24 bits per heavy atom. The predicted molar refractivity (Wildman–Crippen MR) is 124 cm³/mol. The molecule has 5 aromatic rings. The van der Waals surface area contributed by atoms with Gasteiger partial charge in [-0.15, -0.1) is 29.8 Å². The molecule has 5 rings (SSSR count). The van der Waals surface area contributed by atoms with Crippen LogP contribution in [0.25, 0.3) is 22.8 Å². The Bertz CT molecular complexity index is 1310. The molecule has 2 heterocycles. The van der Waals surface area contributed by atoms with Gasteiger partial charge in [0.05, 0.1) is 11.4 Å². The van der Waals surface area contributed by atoms with Gasteiger partial charge in [-0.1, -0.05) is 36.4 Å². The molecule has 0 spiro atoms. The quantitative estimate of drug-likeness (QED) is 0.262. The second-order valence-corrected chi connectivity index (χ2v) is 6.96. The number of aromatic hydroxyl groups is 1. The van der Waals surface area contributed by atoms with Gasteiger partial charge in [0.25, 0.3) is 0 Å². The third kappa shape index (κ3) is 4.81. The predicted octanol–water partition coefficient (Wildman–Crippen LogP) is 5.57. The topological polar surface area (TPSA) is 75.0 Å². The average molecular weight is 612 g/mol. The molecule has 0 atom stereocenters. The number of aromatic nitrogens is 4. The van der Waals surface area contributed by atoms with Crippen molar-refractivity contribution in [3.8, 4) is 28.5 Å². The summed E-state index contributed by atoms with van der Waals surface area (Å²) in [6.45, 7) is 0. The zero-order valence-corrected chi connectivity index (χ0v) is 19.6. The fourth-order valence-electron chi connectivity index (χ4n) is 3.39. The Balaban J connectivity index is 0.00000259. The minimum atomic E-state index is 0. The van der Waals surface area contributed by atoms with Crippen molar-refractivity contribution in [1.82, 2.24) is 19.9 Å². The van der Waals surface area contributed by atoms with Crippen LogP contribution in [-0.2, 0) is 21.1 Å². The Morgan fingerprint density at radius 1 is 0.697 bits per heavy atom. The van der Waals surface area contributed by atoms with Crippen LogP contribution in [0, 0.1) is 6.07 Å². The minimum absolute atomic E-state index is 0. The number of anilines is 3. The summed E-state index contributed by atoms with van der Waals surface area (Å²) in [4.78, 5) is 19.7. The molecule has 0 radical (unpaired) electrons. The van der Waals surface area contributed by atoms with Crippen molar-refractivity contribution in [2.24, 2.45) is 0 Å². The van der Waals surface area contributed by atoms with Crippen LogP contribution in [0.2, 0.25) is 0 Å². The van der Waals surface area contributed by atoms with Gasteiger partial charge in [0, 0.05) is 32.9 Å². The van der Waals surface area contributed by atoms with Gasteiger partial charge in [0.2, 0.25) is 0 Å². The van der Waals surface area contributed by atoms with Crippen molar-refractivity contribution in [2.75, 3.05) is 4.90 Å². The fourth-order valence-corrected chi connectivity index (χ4v) is 3.39. The van der Waals surface area contributed by atoms with Crippen LogP contribution in [0.4, 0.5) is 17.2 Å². The summed E-state index contributed by atoms with van der Waals surface area (Å²) in [6.07, 6.45) is 3.21. The first-order chi connectivity index (χ1) is 15.8. The molecule has 0 saturated carbocycles. The van der Waals surface area contributed by atoms with Gasteiger partial charge in [-0.2, -0.15) is 0 Å². The summed E-state index contributed by atoms with van der Waals surface area (Å²) in [7, 11) is 0. The number of para-hydroxylation sites is 2. The van der Waals surface area contributed by atoms with E-state index in [1.54, 1.807) is 24.4 Å². The maximum atomic E-state index is 10.2. The third-order valence-electron chi connectivity index (χ3n) is 4.87. The van der Waals surface area contributed by atoms with Gasteiger partial charge in [-0.05, 0) is 42.1 Å². The van der Waals surface area contributed by atoms with Gasteiger partial charge in [0.15, 0.2) is 5.82 Å². The van der Waals surface area contributed by atoms with E-state index in [-0.39, 0.29) is 26.8 Å². The number of hydrogen-bond donors (Lipinski definition) is 1. The molecule has 0 saturated heterocycles. The van der Waals surface area contributed by atoms with E-state index in [0.717, 1.165) is 17.2 Å². The maximum absolute atomic E-state index is 10.2. The van der Waals surface area contributed by atoms with Crippen LogP contribution in [0.5, 0.6) is 5.75 Å². The molecule has 164 valence electrons. The second-order valence-electron chi connectivity index (χ2n) is 6.96. The molecule has 0 bridgehead atoms. The summed E-state index contributed by atoms with van der Waals surface area (Å²) in [5.74, 6) is 1.76. The number of phenols is 1. The number of nitrogens with zero attached hydrogens (tertiary/aromatic N) is 5.